The molecule has 1 rings (SSSR count). The summed E-state index contributed by atoms with van der Waals surface area (Å²) in [5.74, 6) is 0.0998. The van der Waals surface area contributed by atoms with Crippen LogP contribution in [-0.2, 0) is 4.79 Å². The Bertz CT molecular complexity index is 247. The Labute approximate surface area is 98.8 Å². The topological polar surface area (TPSA) is 49.6 Å². The van der Waals surface area contributed by atoms with Crippen LogP contribution in [-0.4, -0.2) is 55.0 Å². The molecular formula is C12H25N3O. The summed E-state index contributed by atoms with van der Waals surface area (Å²) < 4.78 is 0. The number of amides is 1. The van der Waals surface area contributed by atoms with Crippen LogP contribution in [0.4, 0.5) is 0 Å². The largest absolute Gasteiger partial charge is 0.340 e. The van der Waals surface area contributed by atoms with Crippen molar-refractivity contribution in [3.8, 4) is 0 Å². The fraction of sp³-hybridized carbons (Fsp3) is 0.917. The summed E-state index contributed by atoms with van der Waals surface area (Å²) >= 11 is 0. The fourth-order valence-corrected chi connectivity index (χ4v) is 1.83. The van der Waals surface area contributed by atoms with E-state index in [1.165, 1.54) is 0 Å². The summed E-state index contributed by atoms with van der Waals surface area (Å²) in [6.45, 7) is 9.70. The molecule has 1 aliphatic rings. The first-order valence-electron chi connectivity index (χ1n) is 6.05. The third kappa shape index (κ3) is 3.46. The standard InChI is InChI=1S/C12H25N3O/c1-12(2,3)10(13)11(16)15-7-5-6-14(4)8-9-15/h10H,5-9,13H2,1-4H3/t10-/m1/s1. The van der Waals surface area contributed by atoms with Gasteiger partial charge in [-0.2, -0.15) is 0 Å². The molecule has 1 amide bonds. The van der Waals surface area contributed by atoms with Crippen LogP contribution in [0.3, 0.4) is 0 Å². The molecule has 0 aromatic carbocycles. The molecule has 4 heteroatoms. The maximum atomic E-state index is 12.2. The number of hydrogen-bond donors (Lipinski definition) is 1. The quantitative estimate of drug-likeness (QED) is 0.710. The normalized spacial score (nSPS) is 21.7. The number of likely N-dealkylation sites (N-methyl/N-ethyl adjacent to an activating group) is 1. The molecule has 0 spiro atoms. The van der Waals surface area contributed by atoms with Gasteiger partial charge in [0, 0.05) is 19.6 Å². The van der Waals surface area contributed by atoms with Gasteiger partial charge in [0.1, 0.15) is 0 Å². The molecule has 1 heterocycles. The van der Waals surface area contributed by atoms with Crippen LogP contribution in [0.2, 0.25) is 0 Å². The average Bonchev–Trinajstić information content (AvgIpc) is 2.39. The zero-order valence-electron chi connectivity index (χ0n) is 11.0. The van der Waals surface area contributed by atoms with Crippen LogP contribution in [0.15, 0.2) is 0 Å². The van der Waals surface area contributed by atoms with Gasteiger partial charge in [0.25, 0.3) is 0 Å². The first-order valence-corrected chi connectivity index (χ1v) is 6.05. The Morgan fingerprint density at radius 3 is 2.38 bits per heavy atom. The maximum absolute atomic E-state index is 12.2. The highest BCUT2D eigenvalue weighted by atomic mass is 16.2. The molecule has 0 radical (unpaired) electrons. The number of carbonyl (C=O) groups is 1. The van der Waals surface area contributed by atoms with E-state index in [0.29, 0.717) is 0 Å². The van der Waals surface area contributed by atoms with Gasteiger partial charge in [0.15, 0.2) is 0 Å². The van der Waals surface area contributed by atoms with Crippen molar-refractivity contribution in [2.24, 2.45) is 11.1 Å². The van der Waals surface area contributed by atoms with E-state index in [2.05, 4.69) is 11.9 Å². The minimum atomic E-state index is -0.393. The number of nitrogens with zero attached hydrogens (tertiary/aromatic N) is 2. The summed E-state index contributed by atoms with van der Waals surface area (Å²) in [5, 5.41) is 0. The Kier molecular flexibility index (Phi) is 4.33. The summed E-state index contributed by atoms with van der Waals surface area (Å²) in [6.07, 6.45) is 1.04. The monoisotopic (exact) mass is 227 g/mol. The van der Waals surface area contributed by atoms with E-state index < -0.39 is 6.04 Å². The predicted octanol–water partition coefficient (Wildman–Crippen LogP) is 0.524. The highest BCUT2D eigenvalue weighted by Crippen LogP contribution is 2.19. The number of rotatable bonds is 1. The molecule has 1 atom stereocenters. The summed E-state index contributed by atoms with van der Waals surface area (Å²) in [5.41, 5.74) is 5.85. The van der Waals surface area contributed by atoms with Gasteiger partial charge in [-0.05, 0) is 25.4 Å². The molecule has 0 aromatic heterocycles. The van der Waals surface area contributed by atoms with Crippen molar-refractivity contribution in [3.05, 3.63) is 0 Å². The second kappa shape index (κ2) is 5.15. The second-order valence-electron chi connectivity index (χ2n) is 5.83. The second-order valence-corrected chi connectivity index (χ2v) is 5.83. The lowest BCUT2D eigenvalue weighted by Gasteiger charge is -2.31. The van der Waals surface area contributed by atoms with E-state index in [9.17, 15) is 4.79 Å². The predicted molar refractivity (Wildman–Crippen MR) is 66.1 cm³/mol. The molecule has 1 saturated heterocycles. The summed E-state index contributed by atoms with van der Waals surface area (Å²) in [6, 6.07) is -0.393. The number of carbonyl (C=O) groups excluding carboxylic acids is 1. The molecule has 0 bridgehead atoms. The molecule has 16 heavy (non-hydrogen) atoms. The molecule has 1 aliphatic heterocycles. The van der Waals surface area contributed by atoms with Crippen LogP contribution in [0.1, 0.15) is 27.2 Å². The van der Waals surface area contributed by atoms with Crippen molar-refractivity contribution >= 4 is 5.91 Å². The van der Waals surface area contributed by atoms with Gasteiger partial charge in [-0.1, -0.05) is 20.8 Å². The van der Waals surface area contributed by atoms with Crippen molar-refractivity contribution in [2.45, 2.75) is 33.2 Å². The lowest BCUT2D eigenvalue weighted by atomic mass is 9.86. The Hall–Kier alpha value is -0.610. The highest BCUT2D eigenvalue weighted by Gasteiger charge is 2.31. The molecule has 0 aromatic rings. The molecular weight excluding hydrogens is 202 g/mol. The minimum absolute atomic E-state index is 0.0998. The first-order chi connectivity index (χ1) is 7.32. The third-order valence-corrected chi connectivity index (χ3v) is 3.23. The van der Waals surface area contributed by atoms with E-state index in [1.807, 2.05) is 25.7 Å². The summed E-state index contributed by atoms with van der Waals surface area (Å²) in [7, 11) is 2.09. The lowest BCUT2D eigenvalue weighted by Crippen LogP contribution is -2.51. The average molecular weight is 227 g/mol. The number of nitrogens with two attached hydrogens (primary N) is 1. The van der Waals surface area contributed by atoms with Gasteiger partial charge >= 0.3 is 0 Å². The lowest BCUT2D eigenvalue weighted by molar-refractivity contribution is -0.134. The van der Waals surface area contributed by atoms with E-state index in [4.69, 9.17) is 5.73 Å². The van der Waals surface area contributed by atoms with Gasteiger partial charge in [-0.25, -0.2) is 0 Å². The maximum Gasteiger partial charge on any atom is 0.240 e. The van der Waals surface area contributed by atoms with E-state index in [-0.39, 0.29) is 11.3 Å². The zero-order chi connectivity index (χ0) is 12.3. The molecule has 0 unspecified atom stereocenters. The van der Waals surface area contributed by atoms with Gasteiger partial charge < -0.3 is 15.5 Å². The molecule has 94 valence electrons. The van der Waals surface area contributed by atoms with E-state index >= 15 is 0 Å². The van der Waals surface area contributed by atoms with Crippen molar-refractivity contribution < 1.29 is 4.79 Å². The highest BCUT2D eigenvalue weighted by molar-refractivity contribution is 5.82. The van der Waals surface area contributed by atoms with E-state index in [0.717, 1.165) is 32.6 Å². The Balaban J connectivity index is 2.60. The van der Waals surface area contributed by atoms with Gasteiger partial charge in [0.2, 0.25) is 5.91 Å². The number of hydrogen-bond acceptors (Lipinski definition) is 3. The van der Waals surface area contributed by atoms with Crippen LogP contribution in [0.25, 0.3) is 0 Å². The van der Waals surface area contributed by atoms with Crippen molar-refractivity contribution in [1.82, 2.24) is 9.80 Å². The molecule has 0 aliphatic carbocycles. The van der Waals surface area contributed by atoms with Gasteiger partial charge in [0.05, 0.1) is 6.04 Å². The van der Waals surface area contributed by atoms with Crippen molar-refractivity contribution in [2.75, 3.05) is 33.2 Å². The smallest absolute Gasteiger partial charge is 0.240 e. The summed E-state index contributed by atoms with van der Waals surface area (Å²) in [4.78, 5) is 16.4. The third-order valence-electron chi connectivity index (χ3n) is 3.23. The molecule has 0 saturated carbocycles. The zero-order valence-corrected chi connectivity index (χ0v) is 11.0. The SMILES string of the molecule is CN1CCCN(C(=O)[C@@H](N)C(C)(C)C)CC1. The molecule has 2 N–H and O–H groups in total. The minimum Gasteiger partial charge on any atom is -0.340 e. The van der Waals surface area contributed by atoms with Crippen LogP contribution < -0.4 is 5.73 Å². The van der Waals surface area contributed by atoms with Crippen LogP contribution in [0, 0.1) is 5.41 Å². The van der Waals surface area contributed by atoms with Crippen LogP contribution in [0.5, 0.6) is 0 Å². The molecule has 1 fully saturated rings. The van der Waals surface area contributed by atoms with Crippen molar-refractivity contribution in [3.63, 3.8) is 0 Å². The van der Waals surface area contributed by atoms with Crippen LogP contribution >= 0.6 is 0 Å². The fourth-order valence-electron chi connectivity index (χ4n) is 1.83. The first kappa shape index (κ1) is 13.5. The van der Waals surface area contributed by atoms with E-state index in [1.54, 1.807) is 0 Å². The molecule has 4 nitrogen and oxygen atoms in total. The van der Waals surface area contributed by atoms with Gasteiger partial charge in [-0.3, -0.25) is 4.79 Å². The Morgan fingerprint density at radius 1 is 1.19 bits per heavy atom. The van der Waals surface area contributed by atoms with Crippen molar-refractivity contribution in [1.29, 1.82) is 0 Å². The Morgan fingerprint density at radius 2 is 1.81 bits per heavy atom. The van der Waals surface area contributed by atoms with Gasteiger partial charge in [-0.15, -0.1) is 0 Å².